The Bertz CT molecular complexity index is 1030. The van der Waals surface area contributed by atoms with Crippen LogP contribution in [0, 0.1) is 12.3 Å². The molecular formula is C28H34N2O5. The lowest BCUT2D eigenvalue weighted by Crippen LogP contribution is -2.72. The van der Waals surface area contributed by atoms with Crippen molar-refractivity contribution in [3.05, 3.63) is 83.9 Å². The highest BCUT2D eigenvalue weighted by Crippen LogP contribution is 2.46. The predicted molar refractivity (Wildman–Crippen MR) is 133 cm³/mol. The maximum atomic E-state index is 13.2. The van der Waals surface area contributed by atoms with Crippen molar-refractivity contribution >= 4 is 17.9 Å². The lowest BCUT2D eigenvalue weighted by atomic mass is 9.72. The summed E-state index contributed by atoms with van der Waals surface area (Å²) in [6, 6.07) is 16.3. The Labute approximate surface area is 207 Å². The van der Waals surface area contributed by atoms with Crippen LogP contribution in [-0.2, 0) is 25.7 Å². The molecule has 2 aromatic rings. The minimum Gasteiger partial charge on any atom is -0.459 e. The Morgan fingerprint density at radius 3 is 2.37 bits per heavy atom. The first-order valence-corrected chi connectivity index (χ1v) is 12.0. The minimum atomic E-state index is -0.852. The van der Waals surface area contributed by atoms with Crippen molar-refractivity contribution in [2.24, 2.45) is 5.41 Å². The number of benzene rings is 2. The number of rotatable bonds is 11. The van der Waals surface area contributed by atoms with Crippen LogP contribution < -0.4 is 5.32 Å². The fourth-order valence-electron chi connectivity index (χ4n) is 4.36. The molecule has 0 bridgehead atoms. The maximum absolute atomic E-state index is 13.2. The summed E-state index contributed by atoms with van der Waals surface area (Å²) in [5, 5.41) is 2.94. The molecule has 1 aliphatic rings. The molecule has 0 saturated carbocycles. The summed E-state index contributed by atoms with van der Waals surface area (Å²) in [7, 11) is 0. The molecule has 3 rings (SSSR count). The molecule has 1 saturated heterocycles. The summed E-state index contributed by atoms with van der Waals surface area (Å²) in [4.78, 5) is 39.7. The van der Waals surface area contributed by atoms with Crippen molar-refractivity contribution in [3.8, 4) is 0 Å². The van der Waals surface area contributed by atoms with Gasteiger partial charge in [0, 0.05) is 0 Å². The number of nitrogens with zero attached hydrogens (tertiary/aromatic N) is 1. The van der Waals surface area contributed by atoms with E-state index in [0.717, 1.165) is 21.6 Å². The average Bonchev–Trinajstić information content (AvgIpc) is 2.87. The molecule has 1 unspecified atom stereocenters. The number of imide groups is 1. The number of esters is 1. The topological polar surface area (TPSA) is 84.9 Å². The van der Waals surface area contributed by atoms with E-state index in [1.54, 1.807) is 6.08 Å². The van der Waals surface area contributed by atoms with Crippen LogP contribution in [0.1, 0.15) is 55.8 Å². The summed E-state index contributed by atoms with van der Waals surface area (Å²) >= 11 is 0. The third-order valence-electron chi connectivity index (χ3n) is 6.61. The van der Waals surface area contributed by atoms with Crippen molar-refractivity contribution in [1.29, 1.82) is 0 Å². The summed E-state index contributed by atoms with van der Waals surface area (Å²) in [5.41, 5.74) is 2.03. The van der Waals surface area contributed by atoms with Gasteiger partial charge < -0.3 is 14.8 Å². The van der Waals surface area contributed by atoms with Crippen LogP contribution in [0.3, 0.4) is 0 Å². The van der Waals surface area contributed by atoms with E-state index in [9.17, 15) is 14.4 Å². The standard InChI is InChI=1S/C28H34N2O5/c1-5-11-23(22-16-14-20(4)15-17-22)29-27(33)30-25(32)28(6-2,7-3)26(30)35-19-24(31)34-18-21-12-9-8-10-13-21/h5,8-10,12-17,23,26H,1,6-7,11,18-19H2,2-4H3,(H,29,33)/t23-,26?/m1/s1. The second kappa shape index (κ2) is 11.8. The maximum Gasteiger partial charge on any atom is 0.332 e. The molecule has 2 aromatic carbocycles. The number of hydrogen-bond donors (Lipinski definition) is 1. The number of β-lactam (4-membered cyclic amide) rings is 1. The van der Waals surface area contributed by atoms with E-state index in [2.05, 4.69) is 11.9 Å². The Morgan fingerprint density at radius 1 is 1.11 bits per heavy atom. The molecule has 1 heterocycles. The monoisotopic (exact) mass is 478 g/mol. The fraction of sp³-hybridized carbons (Fsp3) is 0.393. The molecule has 0 aromatic heterocycles. The van der Waals surface area contributed by atoms with Crippen LogP contribution in [0.25, 0.3) is 0 Å². The molecule has 3 amide bonds. The van der Waals surface area contributed by atoms with Gasteiger partial charge in [-0.2, -0.15) is 0 Å². The lowest BCUT2D eigenvalue weighted by molar-refractivity contribution is -0.214. The van der Waals surface area contributed by atoms with Gasteiger partial charge in [0.2, 0.25) is 5.91 Å². The Hall–Kier alpha value is -3.45. The number of ether oxygens (including phenoxy) is 2. The zero-order chi connectivity index (χ0) is 25.4. The van der Waals surface area contributed by atoms with Gasteiger partial charge in [-0.1, -0.05) is 80.1 Å². The zero-order valence-corrected chi connectivity index (χ0v) is 20.7. The molecule has 1 N–H and O–H groups in total. The first kappa shape index (κ1) is 26.2. The number of carbonyl (C=O) groups excluding carboxylic acids is 3. The zero-order valence-electron chi connectivity index (χ0n) is 20.7. The minimum absolute atomic E-state index is 0.128. The van der Waals surface area contributed by atoms with E-state index in [0.29, 0.717) is 19.3 Å². The smallest absolute Gasteiger partial charge is 0.332 e. The highest BCUT2D eigenvalue weighted by molar-refractivity contribution is 6.03. The van der Waals surface area contributed by atoms with Gasteiger partial charge in [0.05, 0.1) is 11.5 Å². The first-order chi connectivity index (χ1) is 16.9. The molecule has 0 aliphatic carbocycles. The van der Waals surface area contributed by atoms with Crippen molar-refractivity contribution in [2.75, 3.05) is 6.61 Å². The molecule has 186 valence electrons. The van der Waals surface area contributed by atoms with Crippen LogP contribution in [0.2, 0.25) is 0 Å². The molecule has 1 fully saturated rings. The van der Waals surface area contributed by atoms with Gasteiger partial charge in [-0.25, -0.2) is 14.5 Å². The summed E-state index contributed by atoms with van der Waals surface area (Å²) in [6.45, 7) is 9.32. The second-order valence-electron chi connectivity index (χ2n) is 8.79. The van der Waals surface area contributed by atoms with Gasteiger partial charge in [0.15, 0.2) is 6.23 Å². The van der Waals surface area contributed by atoms with Gasteiger partial charge in [0.1, 0.15) is 13.2 Å². The normalized spacial score (nSPS) is 17.3. The van der Waals surface area contributed by atoms with Crippen molar-refractivity contribution < 1.29 is 23.9 Å². The van der Waals surface area contributed by atoms with Gasteiger partial charge in [-0.3, -0.25) is 4.79 Å². The van der Waals surface area contributed by atoms with Gasteiger partial charge in [0.25, 0.3) is 0 Å². The highest BCUT2D eigenvalue weighted by atomic mass is 16.6. The van der Waals surface area contributed by atoms with Crippen LogP contribution in [0.15, 0.2) is 67.3 Å². The third kappa shape index (κ3) is 5.80. The Morgan fingerprint density at radius 2 is 1.77 bits per heavy atom. The van der Waals surface area contributed by atoms with Gasteiger partial charge >= 0.3 is 12.0 Å². The second-order valence-corrected chi connectivity index (χ2v) is 8.79. The van der Waals surface area contributed by atoms with Crippen molar-refractivity contribution in [2.45, 2.75) is 58.9 Å². The third-order valence-corrected chi connectivity index (χ3v) is 6.61. The number of likely N-dealkylation sites (tertiary alicyclic amines) is 1. The van der Waals surface area contributed by atoms with Crippen LogP contribution in [-0.4, -0.2) is 35.6 Å². The number of amides is 3. The van der Waals surface area contributed by atoms with Crippen LogP contribution >= 0.6 is 0 Å². The molecule has 1 aliphatic heterocycles. The Balaban J connectivity index is 1.68. The van der Waals surface area contributed by atoms with E-state index < -0.39 is 23.6 Å². The fourth-order valence-corrected chi connectivity index (χ4v) is 4.36. The van der Waals surface area contributed by atoms with Gasteiger partial charge in [-0.05, 0) is 37.3 Å². The first-order valence-electron chi connectivity index (χ1n) is 12.0. The number of aryl methyl sites for hydroxylation is 1. The lowest BCUT2D eigenvalue weighted by Gasteiger charge is -2.53. The molecule has 35 heavy (non-hydrogen) atoms. The number of urea groups is 1. The van der Waals surface area contributed by atoms with Gasteiger partial charge in [-0.15, -0.1) is 6.58 Å². The molecule has 7 nitrogen and oxygen atoms in total. The van der Waals surface area contributed by atoms with Crippen LogP contribution in [0.4, 0.5) is 4.79 Å². The SMILES string of the molecule is C=CC[C@@H](NC(=O)N1C(=O)C(CC)(CC)C1OCC(=O)OCc1ccccc1)c1ccc(C)cc1. The number of carbonyl (C=O) groups is 3. The summed E-state index contributed by atoms with van der Waals surface area (Å²) < 4.78 is 11.1. The summed E-state index contributed by atoms with van der Waals surface area (Å²) in [5.74, 6) is -0.859. The molecular weight excluding hydrogens is 444 g/mol. The highest BCUT2D eigenvalue weighted by Gasteiger charge is 2.62. The largest absolute Gasteiger partial charge is 0.459 e. The predicted octanol–water partition coefficient (Wildman–Crippen LogP) is 5.06. The van der Waals surface area contributed by atoms with E-state index >= 15 is 0 Å². The number of nitrogens with one attached hydrogen (secondary N) is 1. The van der Waals surface area contributed by atoms with Crippen molar-refractivity contribution in [3.63, 3.8) is 0 Å². The molecule has 2 atom stereocenters. The number of hydrogen-bond acceptors (Lipinski definition) is 5. The quantitative estimate of drug-likeness (QED) is 0.277. The van der Waals surface area contributed by atoms with E-state index in [1.165, 1.54) is 0 Å². The Kier molecular flexibility index (Phi) is 8.82. The summed E-state index contributed by atoms with van der Waals surface area (Å²) in [6.07, 6.45) is 2.35. The van der Waals surface area contributed by atoms with Crippen LogP contribution in [0.5, 0.6) is 0 Å². The molecule has 0 radical (unpaired) electrons. The van der Waals surface area contributed by atoms with E-state index in [1.807, 2.05) is 75.4 Å². The van der Waals surface area contributed by atoms with E-state index in [4.69, 9.17) is 9.47 Å². The van der Waals surface area contributed by atoms with E-state index in [-0.39, 0.29) is 25.2 Å². The molecule has 7 heteroatoms. The molecule has 0 spiro atoms. The van der Waals surface area contributed by atoms with Crippen molar-refractivity contribution in [1.82, 2.24) is 10.2 Å². The average molecular weight is 479 g/mol.